The van der Waals surface area contributed by atoms with E-state index in [0.717, 1.165) is 49.6 Å². The smallest absolute Gasteiger partial charge is 0.133 e. The van der Waals surface area contributed by atoms with Crippen LogP contribution in [0.5, 0.6) is 0 Å². The molecule has 0 aliphatic carbocycles. The van der Waals surface area contributed by atoms with Gasteiger partial charge in [-0.2, -0.15) is 0 Å². The van der Waals surface area contributed by atoms with Gasteiger partial charge in [0, 0.05) is 42.8 Å². The molecule has 1 aromatic carbocycles. The van der Waals surface area contributed by atoms with E-state index in [1.54, 1.807) is 6.07 Å². The predicted octanol–water partition coefficient (Wildman–Crippen LogP) is 2.56. The number of halogens is 2. The second-order valence-corrected chi connectivity index (χ2v) is 6.68. The normalized spacial score (nSPS) is 26.9. The van der Waals surface area contributed by atoms with Gasteiger partial charge in [0.15, 0.2) is 0 Å². The molecule has 0 aromatic heterocycles. The van der Waals surface area contributed by atoms with Crippen molar-refractivity contribution in [3.8, 4) is 0 Å². The van der Waals surface area contributed by atoms with Gasteiger partial charge in [0.25, 0.3) is 0 Å². The van der Waals surface area contributed by atoms with Gasteiger partial charge < -0.3 is 4.79 Å². The van der Waals surface area contributed by atoms with E-state index in [9.17, 15) is 4.79 Å². The number of fused-ring (bicyclic) bond motifs is 1. The quantitative estimate of drug-likeness (QED) is 0.798. The molecule has 108 valence electrons. The zero-order chi connectivity index (χ0) is 14.1. The van der Waals surface area contributed by atoms with Crippen molar-refractivity contribution in [3.63, 3.8) is 0 Å². The van der Waals surface area contributed by atoms with Crippen LogP contribution in [0.4, 0.5) is 0 Å². The second-order valence-electron chi connectivity index (χ2n) is 5.84. The first-order valence-corrected chi connectivity index (χ1v) is 7.73. The minimum Gasteiger partial charge on any atom is -0.302 e. The Morgan fingerprint density at radius 1 is 1.10 bits per heavy atom. The van der Waals surface area contributed by atoms with Crippen molar-refractivity contribution in [2.75, 3.05) is 32.7 Å². The summed E-state index contributed by atoms with van der Waals surface area (Å²) in [6.45, 7) is 5.76. The molecule has 0 bridgehead atoms. The van der Waals surface area contributed by atoms with Gasteiger partial charge in [0.05, 0.1) is 6.54 Å². The monoisotopic (exact) mass is 312 g/mol. The molecule has 2 fully saturated rings. The fourth-order valence-electron chi connectivity index (χ4n) is 3.46. The van der Waals surface area contributed by atoms with Crippen molar-refractivity contribution >= 4 is 29.5 Å². The van der Waals surface area contributed by atoms with Gasteiger partial charge in [-0.3, -0.25) is 9.80 Å². The van der Waals surface area contributed by atoms with Crippen LogP contribution in [-0.4, -0.2) is 48.8 Å². The number of nitrogens with zero attached hydrogens (tertiary/aromatic N) is 2. The van der Waals surface area contributed by atoms with Crippen molar-refractivity contribution in [2.45, 2.75) is 6.54 Å². The van der Waals surface area contributed by atoms with Crippen LogP contribution in [-0.2, 0) is 11.3 Å². The van der Waals surface area contributed by atoms with Gasteiger partial charge in [-0.25, -0.2) is 0 Å². The molecule has 0 radical (unpaired) electrons. The lowest BCUT2D eigenvalue weighted by atomic mass is 10.0. The summed E-state index contributed by atoms with van der Waals surface area (Å²) in [5, 5.41) is 1.43. The number of aldehydes is 1. The Kier molecular flexibility index (Phi) is 4.32. The summed E-state index contributed by atoms with van der Waals surface area (Å²) < 4.78 is 0. The molecule has 3 rings (SSSR count). The van der Waals surface area contributed by atoms with Gasteiger partial charge in [-0.1, -0.05) is 29.3 Å². The van der Waals surface area contributed by atoms with Crippen LogP contribution in [0.2, 0.25) is 10.0 Å². The highest BCUT2D eigenvalue weighted by molar-refractivity contribution is 6.35. The molecule has 2 atom stereocenters. The standard InChI is InChI=1S/C15H18Cl2N2O/c16-14-2-1-11(15(17)5-14)6-19-9-12-7-18(3-4-20)8-13(12)10-19/h1-2,4-5,12-13H,3,6-10H2. The average Bonchev–Trinajstić information content (AvgIpc) is 2.91. The number of hydrogen-bond donors (Lipinski definition) is 0. The summed E-state index contributed by atoms with van der Waals surface area (Å²) in [7, 11) is 0. The molecule has 0 N–H and O–H groups in total. The molecule has 0 saturated carbocycles. The van der Waals surface area contributed by atoms with Crippen molar-refractivity contribution in [1.29, 1.82) is 0 Å². The second kappa shape index (κ2) is 6.02. The molecule has 1 aromatic rings. The summed E-state index contributed by atoms with van der Waals surface area (Å²) in [4.78, 5) is 15.3. The molecule has 2 saturated heterocycles. The van der Waals surface area contributed by atoms with Gasteiger partial charge in [-0.15, -0.1) is 0 Å². The first-order valence-electron chi connectivity index (χ1n) is 6.98. The maximum atomic E-state index is 10.6. The van der Waals surface area contributed by atoms with E-state index in [2.05, 4.69) is 9.80 Å². The van der Waals surface area contributed by atoms with Crippen LogP contribution in [0.3, 0.4) is 0 Å². The molecule has 0 spiro atoms. The number of hydrogen-bond acceptors (Lipinski definition) is 3. The van der Waals surface area contributed by atoms with Crippen LogP contribution in [0.1, 0.15) is 5.56 Å². The molecule has 2 aliphatic rings. The molecule has 0 amide bonds. The minimum absolute atomic E-state index is 0.579. The van der Waals surface area contributed by atoms with Gasteiger partial charge in [-0.05, 0) is 29.5 Å². The van der Waals surface area contributed by atoms with Crippen molar-refractivity contribution in [2.24, 2.45) is 11.8 Å². The van der Waals surface area contributed by atoms with Crippen LogP contribution >= 0.6 is 23.2 Å². The Morgan fingerprint density at radius 3 is 2.35 bits per heavy atom. The summed E-state index contributed by atoms with van der Waals surface area (Å²) in [6, 6.07) is 5.71. The molecule has 2 heterocycles. The highest BCUT2D eigenvalue weighted by atomic mass is 35.5. The first-order chi connectivity index (χ1) is 9.65. The zero-order valence-electron chi connectivity index (χ0n) is 11.3. The third kappa shape index (κ3) is 3.01. The third-order valence-electron chi connectivity index (χ3n) is 4.38. The number of carbonyl (C=O) groups excluding carboxylic acids is 1. The molecule has 5 heteroatoms. The Labute approximate surface area is 129 Å². The van der Waals surface area contributed by atoms with E-state index in [-0.39, 0.29) is 0 Å². The predicted molar refractivity (Wildman–Crippen MR) is 81.2 cm³/mol. The molecule has 3 nitrogen and oxygen atoms in total. The fraction of sp³-hybridized carbons (Fsp3) is 0.533. The average molecular weight is 313 g/mol. The first kappa shape index (κ1) is 14.3. The maximum absolute atomic E-state index is 10.6. The third-order valence-corrected chi connectivity index (χ3v) is 4.97. The Bertz CT molecular complexity index is 495. The molecule has 2 unspecified atom stereocenters. The SMILES string of the molecule is O=CCN1CC2CN(Cc3ccc(Cl)cc3Cl)CC2C1. The number of benzene rings is 1. The van der Waals surface area contributed by atoms with Gasteiger partial charge >= 0.3 is 0 Å². The highest BCUT2D eigenvalue weighted by Gasteiger charge is 2.39. The van der Waals surface area contributed by atoms with Crippen molar-refractivity contribution in [1.82, 2.24) is 9.80 Å². The van der Waals surface area contributed by atoms with E-state index in [1.807, 2.05) is 12.1 Å². The summed E-state index contributed by atoms with van der Waals surface area (Å²) in [5.74, 6) is 1.39. The number of rotatable bonds is 4. The lowest BCUT2D eigenvalue weighted by molar-refractivity contribution is -0.108. The molecule has 20 heavy (non-hydrogen) atoms. The minimum atomic E-state index is 0.579. The number of likely N-dealkylation sites (tertiary alicyclic amines) is 2. The molecular formula is C15H18Cl2N2O. The number of carbonyl (C=O) groups is 1. The topological polar surface area (TPSA) is 23.6 Å². The van der Waals surface area contributed by atoms with Crippen LogP contribution in [0.25, 0.3) is 0 Å². The Balaban J connectivity index is 1.58. The lowest BCUT2D eigenvalue weighted by Crippen LogP contribution is -2.29. The maximum Gasteiger partial charge on any atom is 0.133 e. The van der Waals surface area contributed by atoms with Crippen LogP contribution in [0.15, 0.2) is 18.2 Å². The van der Waals surface area contributed by atoms with E-state index >= 15 is 0 Å². The van der Waals surface area contributed by atoms with Crippen molar-refractivity contribution < 1.29 is 4.79 Å². The Morgan fingerprint density at radius 2 is 1.75 bits per heavy atom. The highest BCUT2D eigenvalue weighted by Crippen LogP contribution is 2.32. The zero-order valence-corrected chi connectivity index (χ0v) is 12.8. The largest absolute Gasteiger partial charge is 0.302 e. The summed E-state index contributed by atoms with van der Waals surface area (Å²) in [5.41, 5.74) is 1.14. The van der Waals surface area contributed by atoms with Crippen LogP contribution in [0, 0.1) is 11.8 Å². The fourth-order valence-corrected chi connectivity index (χ4v) is 3.93. The molecular weight excluding hydrogens is 295 g/mol. The van der Waals surface area contributed by atoms with E-state index in [0.29, 0.717) is 23.4 Å². The van der Waals surface area contributed by atoms with Crippen LogP contribution < -0.4 is 0 Å². The molecule has 2 aliphatic heterocycles. The van der Waals surface area contributed by atoms with Gasteiger partial charge in [0.2, 0.25) is 0 Å². The van der Waals surface area contributed by atoms with Gasteiger partial charge in [0.1, 0.15) is 6.29 Å². The van der Waals surface area contributed by atoms with E-state index in [4.69, 9.17) is 23.2 Å². The van der Waals surface area contributed by atoms with Crippen molar-refractivity contribution in [3.05, 3.63) is 33.8 Å². The van der Waals surface area contributed by atoms with E-state index < -0.39 is 0 Å². The summed E-state index contributed by atoms with van der Waals surface area (Å²) in [6.07, 6.45) is 1.01. The summed E-state index contributed by atoms with van der Waals surface area (Å²) >= 11 is 12.2. The lowest BCUT2D eigenvalue weighted by Gasteiger charge is -2.20. The van der Waals surface area contributed by atoms with E-state index in [1.165, 1.54) is 0 Å². The Hall–Kier alpha value is -0.610.